The standard InChI is InChI=1S/C25H34N4O4S/c1-3-4-10-24(30)27-21-11-12-22(29-15-13-20(14-16-29)25(26)31)23(17-21)34(32,33)28-18(2)19-8-6-5-7-9-19/h5-9,11-12,17-18,20,28H,3-4,10,13-16H2,1-2H3,(H2,26,31)(H,27,30). The van der Waals surface area contributed by atoms with Gasteiger partial charge in [0.25, 0.3) is 0 Å². The number of unbranched alkanes of at least 4 members (excludes halogenated alkanes) is 1. The van der Waals surface area contributed by atoms with Gasteiger partial charge in [0.05, 0.1) is 5.69 Å². The first-order valence-corrected chi connectivity index (χ1v) is 13.2. The van der Waals surface area contributed by atoms with Gasteiger partial charge in [0.2, 0.25) is 21.8 Å². The van der Waals surface area contributed by atoms with Crippen molar-refractivity contribution < 1.29 is 18.0 Å². The van der Waals surface area contributed by atoms with Crippen LogP contribution in [0.5, 0.6) is 0 Å². The van der Waals surface area contributed by atoms with Crippen molar-refractivity contribution in [2.75, 3.05) is 23.3 Å². The van der Waals surface area contributed by atoms with E-state index in [2.05, 4.69) is 10.0 Å². The summed E-state index contributed by atoms with van der Waals surface area (Å²) in [4.78, 5) is 25.9. The molecule has 0 spiro atoms. The molecule has 1 aliphatic rings. The summed E-state index contributed by atoms with van der Waals surface area (Å²) in [6, 6.07) is 13.9. The molecule has 0 radical (unpaired) electrons. The highest BCUT2D eigenvalue weighted by atomic mass is 32.2. The number of carbonyl (C=O) groups excluding carboxylic acids is 2. The molecule has 0 bridgehead atoms. The molecule has 0 aromatic heterocycles. The molecule has 0 aliphatic carbocycles. The number of hydrogen-bond acceptors (Lipinski definition) is 5. The van der Waals surface area contributed by atoms with Crippen molar-refractivity contribution >= 4 is 33.2 Å². The van der Waals surface area contributed by atoms with Gasteiger partial charge in [0.1, 0.15) is 4.90 Å². The second-order valence-corrected chi connectivity index (χ2v) is 10.4. The summed E-state index contributed by atoms with van der Waals surface area (Å²) in [5.74, 6) is -0.675. The second kappa shape index (κ2) is 11.5. The molecule has 1 saturated heterocycles. The summed E-state index contributed by atoms with van der Waals surface area (Å²) < 4.78 is 29.8. The van der Waals surface area contributed by atoms with Gasteiger partial charge in [-0.2, -0.15) is 0 Å². The SMILES string of the molecule is CCCCC(=O)Nc1ccc(N2CCC(C(N)=O)CC2)c(S(=O)(=O)NC(C)c2ccccc2)c1. The third-order valence-corrected chi connectivity index (χ3v) is 7.73. The molecule has 9 heteroatoms. The van der Waals surface area contributed by atoms with E-state index in [-0.39, 0.29) is 22.6 Å². The van der Waals surface area contributed by atoms with Gasteiger partial charge < -0.3 is 16.0 Å². The average Bonchev–Trinajstić information content (AvgIpc) is 2.83. The van der Waals surface area contributed by atoms with Crippen LogP contribution < -0.4 is 20.7 Å². The zero-order valence-electron chi connectivity index (χ0n) is 19.8. The van der Waals surface area contributed by atoms with Crippen LogP contribution in [0.1, 0.15) is 57.6 Å². The van der Waals surface area contributed by atoms with E-state index in [1.165, 1.54) is 6.07 Å². The molecule has 2 aromatic carbocycles. The maximum Gasteiger partial charge on any atom is 0.243 e. The van der Waals surface area contributed by atoms with Crippen molar-refractivity contribution in [1.82, 2.24) is 4.72 Å². The normalized spacial score (nSPS) is 15.6. The van der Waals surface area contributed by atoms with Crippen LogP contribution >= 0.6 is 0 Å². The fourth-order valence-corrected chi connectivity index (χ4v) is 5.62. The van der Waals surface area contributed by atoms with E-state index in [4.69, 9.17) is 5.73 Å². The Hall–Kier alpha value is -2.91. The van der Waals surface area contributed by atoms with E-state index in [1.54, 1.807) is 19.1 Å². The minimum absolute atomic E-state index is 0.0982. The Labute approximate surface area is 202 Å². The first kappa shape index (κ1) is 25.7. The van der Waals surface area contributed by atoms with Gasteiger partial charge in [0.15, 0.2) is 0 Å². The number of piperidine rings is 1. The summed E-state index contributed by atoms with van der Waals surface area (Å²) in [7, 11) is -3.93. The number of primary amides is 1. The molecule has 34 heavy (non-hydrogen) atoms. The van der Waals surface area contributed by atoms with Gasteiger partial charge in [0, 0.05) is 37.2 Å². The fraction of sp³-hybridized carbons (Fsp3) is 0.440. The molecule has 0 saturated carbocycles. The number of nitrogens with two attached hydrogens (primary N) is 1. The molecule has 1 atom stereocenters. The van der Waals surface area contributed by atoms with Gasteiger partial charge in [-0.25, -0.2) is 13.1 Å². The number of anilines is 2. The van der Waals surface area contributed by atoms with Gasteiger partial charge in [-0.15, -0.1) is 0 Å². The zero-order valence-corrected chi connectivity index (χ0v) is 20.6. The van der Waals surface area contributed by atoms with Crippen LogP contribution in [0, 0.1) is 5.92 Å². The van der Waals surface area contributed by atoms with Crippen LogP contribution in [0.4, 0.5) is 11.4 Å². The lowest BCUT2D eigenvalue weighted by Gasteiger charge is -2.33. The van der Waals surface area contributed by atoms with Gasteiger partial charge in [-0.3, -0.25) is 9.59 Å². The molecule has 8 nitrogen and oxygen atoms in total. The Morgan fingerprint density at radius 2 is 1.79 bits per heavy atom. The van der Waals surface area contributed by atoms with Crippen LogP contribution in [-0.4, -0.2) is 33.3 Å². The van der Waals surface area contributed by atoms with Gasteiger partial charge in [-0.1, -0.05) is 43.7 Å². The van der Waals surface area contributed by atoms with Crippen molar-refractivity contribution in [2.24, 2.45) is 11.7 Å². The van der Waals surface area contributed by atoms with E-state index >= 15 is 0 Å². The molecular formula is C25H34N4O4S. The largest absolute Gasteiger partial charge is 0.370 e. The molecule has 1 unspecified atom stereocenters. The predicted molar refractivity (Wildman–Crippen MR) is 134 cm³/mol. The van der Waals surface area contributed by atoms with Crippen molar-refractivity contribution in [2.45, 2.75) is 56.9 Å². The number of sulfonamides is 1. The van der Waals surface area contributed by atoms with Crippen molar-refractivity contribution in [1.29, 1.82) is 0 Å². The fourth-order valence-electron chi connectivity index (χ4n) is 4.14. The maximum absolute atomic E-state index is 13.5. The van der Waals surface area contributed by atoms with Crippen molar-refractivity contribution in [3.8, 4) is 0 Å². The molecular weight excluding hydrogens is 452 g/mol. The summed E-state index contributed by atoms with van der Waals surface area (Å²) in [6.45, 7) is 4.84. The number of nitrogens with zero attached hydrogens (tertiary/aromatic N) is 1. The number of amides is 2. The first-order chi connectivity index (χ1) is 16.2. The third-order valence-electron chi connectivity index (χ3n) is 6.16. The molecule has 1 fully saturated rings. The molecule has 184 valence electrons. The summed E-state index contributed by atoms with van der Waals surface area (Å²) in [5, 5.41) is 2.82. The Balaban J connectivity index is 1.91. The second-order valence-electron chi connectivity index (χ2n) is 8.75. The molecule has 2 amide bonds. The lowest BCUT2D eigenvalue weighted by atomic mass is 9.96. The molecule has 4 N–H and O–H groups in total. The monoisotopic (exact) mass is 486 g/mol. The summed E-state index contributed by atoms with van der Waals surface area (Å²) in [5.41, 5.74) is 7.28. The van der Waals surface area contributed by atoms with Gasteiger partial charge in [-0.05, 0) is 49.9 Å². The van der Waals surface area contributed by atoms with E-state index in [0.717, 1.165) is 18.4 Å². The first-order valence-electron chi connectivity index (χ1n) is 11.8. The van der Waals surface area contributed by atoms with Crippen molar-refractivity contribution in [3.63, 3.8) is 0 Å². The van der Waals surface area contributed by atoms with E-state index in [9.17, 15) is 18.0 Å². The Kier molecular flexibility index (Phi) is 8.68. The molecule has 1 heterocycles. The van der Waals surface area contributed by atoms with Crippen molar-refractivity contribution in [3.05, 3.63) is 54.1 Å². The number of nitrogens with one attached hydrogen (secondary N) is 2. The highest BCUT2D eigenvalue weighted by molar-refractivity contribution is 7.89. The smallest absolute Gasteiger partial charge is 0.243 e. The van der Waals surface area contributed by atoms with Crippen LogP contribution in [0.15, 0.2) is 53.4 Å². The Morgan fingerprint density at radius 1 is 1.12 bits per heavy atom. The third kappa shape index (κ3) is 6.57. The van der Waals surface area contributed by atoms with E-state index in [1.807, 2.05) is 42.2 Å². The van der Waals surface area contributed by atoms with Gasteiger partial charge >= 0.3 is 0 Å². The van der Waals surface area contributed by atoms with Crippen LogP contribution in [0.2, 0.25) is 0 Å². The van der Waals surface area contributed by atoms with E-state index < -0.39 is 16.1 Å². The number of carbonyl (C=O) groups is 2. The quantitative estimate of drug-likeness (QED) is 0.474. The van der Waals surface area contributed by atoms with E-state index in [0.29, 0.717) is 43.7 Å². The van der Waals surface area contributed by atoms with Crippen LogP contribution in [0.3, 0.4) is 0 Å². The minimum Gasteiger partial charge on any atom is -0.370 e. The molecule has 3 rings (SSSR count). The summed E-state index contributed by atoms with van der Waals surface area (Å²) in [6.07, 6.45) is 3.18. The Morgan fingerprint density at radius 3 is 2.41 bits per heavy atom. The maximum atomic E-state index is 13.5. The molecule has 1 aliphatic heterocycles. The highest BCUT2D eigenvalue weighted by Gasteiger charge is 2.29. The van der Waals surface area contributed by atoms with Crippen LogP contribution in [-0.2, 0) is 19.6 Å². The number of rotatable bonds is 10. The highest BCUT2D eigenvalue weighted by Crippen LogP contribution is 2.32. The lowest BCUT2D eigenvalue weighted by Crippen LogP contribution is -2.39. The summed E-state index contributed by atoms with van der Waals surface area (Å²) >= 11 is 0. The minimum atomic E-state index is -3.93. The number of benzene rings is 2. The Bertz CT molecular complexity index is 1100. The zero-order chi connectivity index (χ0) is 24.7. The topological polar surface area (TPSA) is 122 Å². The lowest BCUT2D eigenvalue weighted by molar-refractivity contribution is -0.122. The predicted octanol–water partition coefficient (Wildman–Crippen LogP) is 3.56. The average molecular weight is 487 g/mol. The van der Waals surface area contributed by atoms with Crippen LogP contribution in [0.25, 0.3) is 0 Å². The number of hydrogen-bond donors (Lipinski definition) is 3. The molecule has 2 aromatic rings.